The molecular weight excluding hydrogens is 382 g/mol. The number of benzene rings is 2. The number of nitrogens with two attached hydrogens (primary N) is 1. The van der Waals surface area contributed by atoms with E-state index in [0.29, 0.717) is 34.6 Å². The van der Waals surface area contributed by atoms with E-state index >= 15 is 0 Å². The molecule has 0 unspecified atom stereocenters. The molecule has 2 aromatic heterocycles. The minimum atomic E-state index is -0.266. The molecule has 8 nitrogen and oxygen atoms in total. The lowest BCUT2D eigenvalue weighted by molar-refractivity contribution is 0.102. The van der Waals surface area contributed by atoms with Gasteiger partial charge in [-0.1, -0.05) is 24.3 Å². The number of aliphatic hydroxyl groups is 1. The van der Waals surface area contributed by atoms with Crippen LogP contribution >= 0.6 is 0 Å². The largest absolute Gasteiger partial charge is 0.397 e. The number of nitrogens with one attached hydrogen (secondary N) is 1. The van der Waals surface area contributed by atoms with Crippen molar-refractivity contribution in [1.82, 2.24) is 14.1 Å². The quantitative estimate of drug-likeness (QED) is 0.426. The summed E-state index contributed by atoms with van der Waals surface area (Å²) in [6.45, 7) is 0.373. The molecule has 0 bridgehead atoms. The molecule has 0 fully saturated rings. The molecule has 30 heavy (non-hydrogen) atoms. The predicted molar refractivity (Wildman–Crippen MR) is 115 cm³/mol. The van der Waals surface area contributed by atoms with Crippen molar-refractivity contribution in [3.63, 3.8) is 0 Å². The van der Waals surface area contributed by atoms with Crippen molar-refractivity contribution in [2.45, 2.75) is 13.1 Å². The van der Waals surface area contributed by atoms with Gasteiger partial charge < -0.3 is 16.2 Å². The van der Waals surface area contributed by atoms with Gasteiger partial charge in [0.1, 0.15) is 0 Å². The van der Waals surface area contributed by atoms with E-state index < -0.39 is 0 Å². The first kappa shape index (κ1) is 19.4. The van der Waals surface area contributed by atoms with Gasteiger partial charge in [-0.05, 0) is 42.0 Å². The number of nitrogens with zero attached hydrogens (tertiary/aromatic N) is 3. The van der Waals surface area contributed by atoms with E-state index in [9.17, 15) is 14.7 Å². The monoisotopic (exact) mass is 403 g/mol. The van der Waals surface area contributed by atoms with Gasteiger partial charge in [-0.15, -0.1) is 0 Å². The first-order valence-corrected chi connectivity index (χ1v) is 9.48. The number of anilines is 2. The lowest BCUT2D eigenvalue weighted by Crippen LogP contribution is -2.26. The second-order valence-corrected chi connectivity index (χ2v) is 6.83. The minimum absolute atomic E-state index is 0.135. The van der Waals surface area contributed by atoms with Crippen LogP contribution in [0.5, 0.6) is 0 Å². The zero-order chi connectivity index (χ0) is 21.1. The molecule has 1 amide bonds. The van der Waals surface area contributed by atoms with E-state index in [0.717, 1.165) is 5.56 Å². The van der Waals surface area contributed by atoms with Gasteiger partial charge in [0.05, 0.1) is 36.6 Å². The van der Waals surface area contributed by atoms with Crippen molar-refractivity contribution >= 4 is 28.4 Å². The third-order valence-corrected chi connectivity index (χ3v) is 4.86. The van der Waals surface area contributed by atoms with Crippen LogP contribution in [0.25, 0.3) is 11.2 Å². The fourth-order valence-corrected chi connectivity index (χ4v) is 3.35. The third-order valence-electron chi connectivity index (χ3n) is 4.86. The normalized spacial score (nSPS) is 11.0. The maximum atomic E-state index is 12.8. The number of nitrogen functional groups attached to an aromatic ring is 1. The van der Waals surface area contributed by atoms with E-state index in [1.54, 1.807) is 71.4 Å². The SMILES string of the molecule is Nc1ccccc1NC(=O)c1ccc(Cn2c(=O)n(CCO)c3cccnc32)cc1. The molecule has 0 saturated carbocycles. The highest BCUT2D eigenvalue weighted by Crippen LogP contribution is 2.18. The predicted octanol–water partition coefficient (Wildman–Crippen LogP) is 2.07. The fourth-order valence-electron chi connectivity index (χ4n) is 3.35. The van der Waals surface area contributed by atoms with Gasteiger partial charge in [-0.2, -0.15) is 0 Å². The summed E-state index contributed by atoms with van der Waals surface area (Å²) in [5.41, 5.74) is 9.24. The van der Waals surface area contributed by atoms with Crippen molar-refractivity contribution in [3.05, 3.63) is 88.5 Å². The Hall–Kier alpha value is -3.91. The van der Waals surface area contributed by atoms with Gasteiger partial charge in [0.15, 0.2) is 5.65 Å². The average Bonchev–Trinajstić information content (AvgIpc) is 3.02. The third kappa shape index (κ3) is 3.68. The summed E-state index contributed by atoms with van der Waals surface area (Å²) in [5.74, 6) is -0.266. The number of amides is 1. The van der Waals surface area contributed by atoms with Crippen LogP contribution in [0, 0.1) is 0 Å². The van der Waals surface area contributed by atoms with Crippen LogP contribution in [0.15, 0.2) is 71.7 Å². The van der Waals surface area contributed by atoms with E-state index in [1.807, 2.05) is 0 Å². The number of rotatable bonds is 6. The number of pyridine rings is 1. The van der Waals surface area contributed by atoms with Crippen molar-refractivity contribution in [1.29, 1.82) is 0 Å². The molecular formula is C22H21N5O3. The zero-order valence-corrected chi connectivity index (χ0v) is 16.2. The maximum absolute atomic E-state index is 12.8. The van der Waals surface area contributed by atoms with Crippen LogP contribution in [-0.4, -0.2) is 31.7 Å². The van der Waals surface area contributed by atoms with Crippen molar-refractivity contribution in [3.8, 4) is 0 Å². The number of aromatic nitrogens is 3. The molecule has 0 aliphatic heterocycles. The highest BCUT2D eigenvalue weighted by Gasteiger charge is 2.14. The topological polar surface area (TPSA) is 115 Å². The number of carbonyl (C=O) groups excluding carboxylic acids is 1. The lowest BCUT2D eigenvalue weighted by Gasteiger charge is -2.09. The van der Waals surface area contributed by atoms with Crippen molar-refractivity contribution < 1.29 is 9.90 Å². The second kappa shape index (κ2) is 8.22. The highest BCUT2D eigenvalue weighted by atomic mass is 16.3. The first-order chi connectivity index (χ1) is 14.6. The van der Waals surface area contributed by atoms with Gasteiger partial charge in [0.2, 0.25) is 0 Å². The van der Waals surface area contributed by atoms with Crippen LogP contribution < -0.4 is 16.7 Å². The van der Waals surface area contributed by atoms with Crippen LogP contribution in [0.2, 0.25) is 0 Å². The smallest absolute Gasteiger partial charge is 0.330 e. The fraction of sp³-hybridized carbons (Fsp3) is 0.136. The molecule has 152 valence electrons. The van der Waals surface area contributed by atoms with E-state index in [-0.39, 0.29) is 24.7 Å². The summed E-state index contributed by atoms with van der Waals surface area (Å²) in [7, 11) is 0. The summed E-state index contributed by atoms with van der Waals surface area (Å²) in [6, 6.07) is 17.6. The lowest BCUT2D eigenvalue weighted by atomic mass is 10.1. The van der Waals surface area contributed by atoms with Crippen molar-refractivity contribution in [2.75, 3.05) is 17.7 Å². The molecule has 0 spiro atoms. The number of aliphatic hydroxyl groups excluding tert-OH is 1. The molecule has 4 rings (SSSR count). The zero-order valence-electron chi connectivity index (χ0n) is 16.2. The molecule has 0 aliphatic carbocycles. The van der Waals surface area contributed by atoms with Gasteiger partial charge in [0.25, 0.3) is 5.91 Å². The van der Waals surface area contributed by atoms with Gasteiger partial charge >= 0.3 is 5.69 Å². The maximum Gasteiger partial charge on any atom is 0.330 e. The van der Waals surface area contributed by atoms with Crippen LogP contribution in [-0.2, 0) is 13.1 Å². The molecule has 0 aliphatic rings. The average molecular weight is 403 g/mol. The minimum Gasteiger partial charge on any atom is -0.397 e. The molecule has 2 heterocycles. The number of carbonyl (C=O) groups is 1. The molecule has 0 saturated heterocycles. The Bertz CT molecular complexity index is 1260. The molecule has 0 atom stereocenters. The van der Waals surface area contributed by atoms with Gasteiger partial charge in [-0.3, -0.25) is 13.9 Å². The Balaban J connectivity index is 1.57. The summed E-state index contributed by atoms with van der Waals surface area (Å²) in [6.07, 6.45) is 1.63. The Labute approximate surface area is 172 Å². The molecule has 2 aromatic carbocycles. The summed E-state index contributed by atoms with van der Waals surface area (Å²) in [5, 5.41) is 12.1. The van der Waals surface area contributed by atoms with E-state index in [4.69, 9.17) is 5.73 Å². The Morgan fingerprint density at radius 2 is 1.80 bits per heavy atom. The Morgan fingerprint density at radius 3 is 2.53 bits per heavy atom. The van der Waals surface area contributed by atoms with Gasteiger partial charge in [-0.25, -0.2) is 9.78 Å². The number of fused-ring (bicyclic) bond motifs is 1. The molecule has 4 aromatic rings. The van der Waals surface area contributed by atoms with E-state index in [1.165, 1.54) is 4.57 Å². The first-order valence-electron chi connectivity index (χ1n) is 9.48. The highest BCUT2D eigenvalue weighted by molar-refractivity contribution is 6.05. The second-order valence-electron chi connectivity index (χ2n) is 6.83. The van der Waals surface area contributed by atoms with Crippen molar-refractivity contribution in [2.24, 2.45) is 0 Å². The van der Waals surface area contributed by atoms with E-state index in [2.05, 4.69) is 10.3 Å². The number of hydrogen-bond acceptors (Lipinski definition) is 5. The molecule has 0 radical (unpaired) electrons. The van der Waals surface area contributed by atoms with Crippen LogP contribution in [0.3, 0.4) is 0 Å². The molecule has 4 N–H and O–H groups in total. The van der Waals surface area contributed by atoms with Gasteiger partial charge in [0, 0.05) is 11.8 Å². The number of imidazole rings is 1. The summed E-state index contributed by atoms with van der Waals surface area (Å²) in [4.78, 5) is 29.6. The standard InChI is InChI=1S/C22H21N5O3/c23-17-4-1-2-5-18(17)25-21(29)16-9-7-15(8-10-16)14-27-20-19(6-3-11-24-20)26(12-13-28)22(27)30/h1-11,28H,12-14,23H2,(H,25,29). The van der Waals surface area contributed by atoms with Crippen LogP contribution in [0.1, 0.15) is 15.9 Å². The molecule has 8 heteroatoms. The number of para-hydroxylation sites is 2. The number of hydrogen-bond donors (Lipinski definition) is 3. The van der Waals surface area contributed by atoms with Crippen LogP contribution in [0.4, 0.5) is 11.4 Å². The summed E-state index contributed by atoms with van der Waals surface area (Å²) >= 11 is 0. The summed E-state index contributed by atoms with van der Waals surface area (Å²) < 4.78 is 3.07. The Morgan fingerprint density at radius 1 is 1.03 bits per heavy atom. The Kier molecular flexibility index (Phi) is 5.32.